The number of piperidine rings is 1. The molecule has 1 aliphatic heterocycles. The zero-order valence-electron chi connectivity index (χ0n) is 12.3. The van der Waals surface area contributed by atoms with Gasteiger partial charge >= 0.3 is 6.18 Å². The van der Waals surface area contributed by atoms with E-state index in [1.807, 2.05) is 4.90 Å². The molecular weight excluding hydrogens is 309 g/mol. The zero-order chi connectivity index (χ0) is 16.6. The number of hydrogen-bond donors (Lipinski definition) is 2. The first kappa shape index (κ1) is 16.0. The summed E-state index contributed by atoms with van der Waals surface area (Å²) in [5.41, 5.74) is -0.0914. The van der Waals surface area contributed by atoms with Gasteiger partial charge in [-0.05, 0) is 37.1 Å². The lowest BCUT2D eigenvalue weighted by atomic mass is 9.95. The number of aliphatic hydroxyl groups is 2. The van der Waals surface area contributed by atoms with E-state index < -0.39 is 18.0 Å². The van der Waals surface area contributed by atoms with Gasteiger partial charge in [-0.2, -0.15) is 13.2 Å². The second kappa shape index (κ2) is 5.98. The van der Waals surface area contributed by atoms with Gasteiger partial charge in [0.15, 0.2) is 6.29 Å². The van der Waals surface area contributed by atoms with Crippen LogP contribution in [0.15, 0.2) is 30.5 Å². The Balaban J connectivity index is 1.97. The van der Waals surface area contributed by atoms with Gasteiger partial charge in [0.05, 0.1) is 11.1 Å². The minimum absolute atomic E-state index is 0.0539. The predicted octanol–water partition coefficient (Wildman–Crippen LogP) is 2.78. The highest BCUT2D eigenvalue weighted by Crippen LogP contribution is 2.38. The van der Waals surface area contributed by atoms with Crippen LogP contribution in [0.4, 0.5) is 18.9 Å². The number of alkyl halides is 3. The first-order valence-electron chi connectivity index (χ1n) is 7.44. The van der Waals surface area contributed by atoms with Crippen LogP contribution in [0.3, 0.4) is 0 Å². The number of halogens is 3. The van der Waals surface area contributed by atoms with Crippen molar-refractivity contribution in [2.24, 2.45) is 5.92 Å². The van der Waals surface area contributed by atoms with Crippen LogP contribution in [0.25, 0.3) is 10.9 Å². The Hall–Kier alpha value is -1.86. The van der Waals surface area contributed by atoms with Crippen LogP contribution in [0, 0.1) is 5.92 Å². The number of hydrogen-bond acceptors (Lipinski definition) is 4. The molecule has 0 aliphatic carbocycles. The van der Waals surface area contributed by atoms with Crippen molar-refractivity contribution in [3.63, 3.8) is 0 Å². The van der Waals surface area contributed by atoms with Crippen LogP contribution < -0.4 is 4.90 Å². The molecule has 1 fully saturated rings. The molecule has 2 aromatic rings. The predicted molar refractivity (Wildman–Crippen MR) is 79.9 cm³/mol. The maximum atomic E-state index is 13.1. The van der Waals surface area contributed by atoms with E-state index >= 15 is 0 Å². The molecule has 2 heterocycles. The average molecular weight is 326 g/mol. The quantitative estimate of drug-likeness (QED) is 0.833. The molecule has 23 heavy (non-hydrogen) atoms. The van der Waals surface area contributed by atoms with Crippen LogP contribution in [0.5, 0.6) is 0 Å². The summed E-state index contributed by atoms with van der Waals surface area (Å²) in [5, 5.41) is 18.9. The summed E-state index contributed by atoms with van der Waals surface area (Å²) in [6, 6.07) is 5.80. The zero-order valence-corrected chi connectivity index (χ0v) is 12.3. The molecule has 0 spiro atoms. The average Bonchev–Trinajstić information content (AvgIpc) is 2.53. The van der Waals surface area contributed by atoms with Gasteiger partial charge in [0.25, 0.3) is 0 Å². The molecule has 2 N–H and O–H groups in total. The summed E-state index contributed by atoms with van der Waals surface area (Å²) in [6.07, 6.45) is -3.27. The van der Waals surface area contributed by atoms with Crippen molar-refractivity contribution in [3.8, 4) is 0 Å². The molecule has 1 aliphatic rings. The highest BCUT2D eigenvalue weighted by Gasteiger charge is 2.34. The molecule has 0 radical (unpaired) electrons. The first-order chi connectivity index (χ1) is 10.9. The Kier molecular flexibility index (Phi) is 4.16. The Morgan fingerprint density at radius 1 is 1.13 bits per heavy atom. The van der Waals surface area contributed by atoms with Crippen molar-refractivity contribution in [2.75, 3.05) is 18.0 Å². The summed E-state index contributed by atoms with van der Waals surface area (Å²) in [5.74, 6) is -0.190. The topological polar surface area (TPSA) is 56.6 Å². The van der Waals surface area contributed by atoms with E-state index in [1.165, 1.54) is 12.3 Å². The molecule has 0 atom stereocenters. The van der Waals surface area contributed by atoms with E-state index in [2.05, 4.69) is 4.98 Å². The molecule has 0 bridgehead atoms. The minimum atomic E-state index is -4.45. The van der Waals surface area contributed by atoms with E-state index in [0.717, 1.165) is 6.07 Å². The van der Waals surface area contributed by atoms with Gasteiger partial charge in [0.1, 0.15) is 0 Å². The summed E-state index contributed by atoms with van der Waals surface area (Å²) in [7, 11) is 0. The molecule has 1 aromatic carbocycles. The smallest absolute Gasteiger partial charge is 0.371 e. The fraction of sp³-hybridized carbons (Fsp3) is 0.438. The molecule has 0 amide bonds. The van der Waals surface area contributed by atoms with E-state index in [4.69, 9.17) is 0 Å². The maximum Gasteiger partial charge on any atom is 0.418 e. The number of aromatic nitrogens is 1. The Morgan fingerprint density at radius 3 is 2.43 bits per heavy atom. The summed E-state index contributed by atoms with van der Waals surface area (Å²) < 4.78 is 39.4. The van der Waals surface area contributed by atoms with Crippen molar-refractivity contribution in [3.05, 3.63) is 36.0 Å². The molecule has 4 nitrogen and oxygen atoms in total. The van der Waals surface area contributed by atoms with E-state index in [0.29, 0.717) is 37.0 Å². The van der Waals surface area contributed by atoms with E-state index in [-0.39, 0.29) is 11.4 Å². The first-order valence-corrected chi connectivity index (χ1v) is 7.44. The van der Waals surface area contributed by atoms with E-state index in [9.17, 15) is 23.4 Å². The summed E-state index contributed by atoms with van der Waals surface area (Å²) >= 11 is 0. The Morgan fingerprint density at radius 2 is 1.83 bits per heavy atom. The summed E-state index contributed by atoms with van der Waals surface area (Å²) in [4.78, 5) is 5.89. The molecule has 1 aromatic heterocycles. The Bertz CT molecular complexity index is 695. The van der Waals surface area contributed by atoms with Crippen LogP contribution in [0.2, 0.25) is 0 Å². The molecule has 0 unspecified atom stereocenters. The van der Waals surface area contributed by atoms with E-state index in [1.54, 1.807) is 12.1 Å². The van der Waals surface area contributed by atoms with Crippen molar-refractivity contribution < 1.29 is 23.4 Å². The third kappa shape index (κ3) is 3.11. The number of anilines is 1. The normalized spacial score (nSPS) is 17.2. The maximum absolute atomic E-state index is 13.1. The van der Waals surface area contributed by atoms with Gasteiger partial charge in [0, 0.05) is 36.3 Å². The number of benzene rings is 1. The van der Waals surface area contributed by atoms with Crippen LogP contribution in [-0.4, -0.2) is 34.6 Å². The highest BCUT2D eigenvalue weighted by atomic mass is 19.4. The molecule has 3 rings (SSSR count). The van der Waals surface area contributed by atoms with Gasteiger partial charge in [-0.3, -0.25) is 4.98 Å². The second-order valence-corrected chi connectivity index (χ2v) is 5.77. The lowest BCUT2D eigenvalue weighted by Crippen LogP contribution is -2.37. The standard InChI is InChI=1S/C16H17F3N2O2/c17-16(18,19)12-3-4-13(11-2-1-7-20-14(11)12)21-8-5-10(6-9-21)15(22)23/h1-4,7,10,15,22-23H,5-6,8-9H2. The molecule has 1 saturated heterocycles. The van der Waals surface area contributed by atoms with Gasteiger partial charge in [-0.1, -0.05) is 0 Å². The Labute approximate surface area is 131 Å². The summed E-state index contributed by atoms with van der Waals surface area (Å²) in [6.45, 7) is 1.13. The number of nitrogens with zero attached hydrogens (tertiary/aromatic N) is 2. The molecular formula is C16H17F3N2O2. The SMILES string of the molecule is OC(O)C1CCN(c2ccc(C(F)(F)F)c3ncccc23)CC1. The molecule has 124 valence electrons. The number of rotatable bonds is 2. The van der Waals surface area contributed by atoms with Crippen molar-refractivity contribution in [2.45, 2.75) is 25.3 Å². The third-order valence-electron chi connectivity index (χ3n) is 4.35. The molecule has 0 saturated carbocycles. The lowest BCUT2D eigenvalue weighted by molar-refractivity contribution is -0.136. The number of aliphatic hydroxyl groups excluding tert-OH is 1. The largest absolute Gasteiger partial charge is 0.418 e. The van der Waals surface area contributed by atoms with Crippen LogP contribution >= 0.6 is 0 Å². The van der Waals surface area contributed by atoms with Crippen molar-refractivity contribution >= 4 is 16.6 Å². The number of fused-ring (bicyclic) bond motifs is 1. The minimum Gasteiger partial charge on any atom is -0.371 e. The fourth-order valence-electron chi connectivity index (χ4n) is 3.10. The van der Waals surface area contributed by atoms with Gasteiger partial charge in [-0.25, -0.2) is 0 Å². The fourth-order valence-corrected chi connectivity index (χ4v) is 3.10. The third-order valence-corrected chi connectivity index (χ3v) is 4.35. The van der Waals surface area contributed by atoms with Crippen molar-refractivity contribution in [1.29, 1.82) is 0 Å². The van der Waals surface area contributed by atoms with Gasteiger partial charge in [-0.15, -0.1) is 0 Å². The van der Waals surface area contributed by atoms with Crippen LogP contribution in [0.1, 0.15) is 18.4 Å². The monoisotopic (exact) mass is 326 g/mol. The van der Waals surface area contributed by atoms with Crippen molar-refractivity contribution in [1.82, 2.24) is 4.98 Å². The van der Waals surface area contributed by atoms with Gasteiger partial charge in [0.2, 0.25) is 0 Å². The van der Waals surface area contributed by atoms with Crippen LogP contribution in [-0.2, 0) is 6.18 Å². The second-order valence-electron chi connectivity index (χ2n) is 5.77. The van der Waals surface area contributed by atoms with Gasteiger partial charge < -0.3 is 15.1 Å². The highest BCUT2D eigenvalue weighted by molar-refractivity contribution is 5.94. The lowest BCUT2D eigenvalue weighted by Gasteiger charge is -2.35. The number of pyridine rings is 1. The molecule has 7 heteroatoms.